The predicted molar refractivity (Wildman–Crippen MR) is 99.6 cm³/mol. The average molecular weight is 346 g/mol. The molecule has 0 fully saturated rings. The van der Waals surface area contributed by atoms with Crippen LogP contribution in [0, 0.1) is 0 Å². The third-order valence-electron chi connectivity index (χ3n) is 3.24. The van der Waals surface area contributed by atoms with E-state index in [0.717, 1.165) is 35.8 Å². The van der Waals surface area contributed by atoms with Gasteiger partial charge in [0.2, 0.25) is 11.8 Å². The number of anilines is 3. The number of hydrogen-bond donors (Lipinski definition) is 3. The van der Waals surface area contributed by atoms with Gasteiger partial charge in [0.15, 0.2) is 5.13 Å². The first kappa shape index (κ1) is 17.9. The van der Waals surface area contributed by atoms with Crippen molar-refractivity contribution in [3.05, 3.63) is 23.6 Å². The third-order valence-corrected chi connectivity index (χ3v) is 4.04. The van der Waals surface area contributed by atoms with Crippen molar-refractivity contribution < 1.29 is 9.59 Å². The van der Waals surface area contributed by atoms with Gasteiger partial charge in [-0.15, -0.1) is 11.3 Å². The van der Waals surface area contributed by atoms with Crippen molar-refractivity contribution in [2.75, 3.05) is 22.5 Å². The van der Waals surface area contributed by atoms with Crippen molar-refractivity contribution in [2.24, 2.45) is 0 Å². The monoisotopic (exact) mass is 346 g/mol. The minimum Gasteiger partial charge on any atom is -0.362 e. The summed E-state index contributed by atoms with van der Waals surface area (Å²) in [6.07, 6.45) is 2.22. The molecule has 2 aromatic rings. The molecule has 0 aliphatic heterocycles. The molecule has 128 valence electrons. The van der Waals surface area contributed by atoms with Crippen LogP contribution in [0.4, 0.5) is 16.5 Å². The largest absolute Gasteiger partial charge is 0.362 e. The summed E-state index contributed by atoms with van der Waals surface area (Å²) in [4.78, 5) is 27.3. The first-order valence-electron chi connectivity index (χ1n) is 7.88. The van der Waals surface area contributed by atoms with Crippen molar-refractivity contribution in [3.8, 4) is 11.3 Å². The van der Waals surface area contributed by atoms with E-state index in [1.807, 2.05) is 11.4 Å². The van der Waals surface area contributed by atoms with Gasteiger partial charge in [0, 0.05) is 37.0 Å². The van der Waals surface area contributed by atoms with Crippen molar-refractivity contribution in [3.63, 3.8) is 0 Å². The van der Waals surface area contributed by atoms with Crippen LogP contribution in [0.1, 0.15) is 33.6 Å². The molecule has 0 aliphatic carbocycles. The van der Waals surface area contributed by atoms with Crippen LogP contribution in [-0.2, 0) is 9.59 Å². The number of rotatable bonds is 7. The molecular formula is C17H22N4O2S. The number of aromatic nitrogens is 1. The Hall–Kier alpha value is -2.41. The minimum atomic E-state index is -0.173. The molecule has 1 aromatic heterocycles. The van der Waals surface area contributed by atoms with E-state index in [9.17, 15) is 9.59 Å². The maximum atomic E-state index is 11.5. The summed E-state index contributed by atoms with van der Waals surface area (Å²) in [6, 6.07) is 5.38. The van der Waals surface area contributed by atoms with Gasteiger partial charge in [0.25, 0.3) is 0 Å². The number of amides is 2. The summed E-state index contributed by atoms with van der Waals surface area (Å²) in [7, 11) is 0. The maximum Gasteiger partial charge on any atom is 0.221 e. The molecule has 0 radical (unpaired) electrons. The number of nitrogens with one attached hydrogen (secondary N) is 3. The lowest BCUT2D eigenvalue weighted by Crippen LogP contribution is -2.09. The smallest absolute Gasteiger partial charge is 0.221 e. The fraction of sp³-hybridized carbons (Fsp3) is 0.353. The number of nitrogens with zero attached hydrogens (tertiary/aromatic N) is 1. The van der Waals surface area contributed by atoms with E-state index in [4.69, 9.17) is 0 Å². The van der Waals surface area contributed by atoms with Gasteiger partial charge in [-0.3, -0.25) is 9.59 Å². The molecule has 1 aromatic carbocycles. The van der Waals surface area contributed by atoms with Crippen LogP contribution in [-0.4, -0.2) is 23.3 Å². The Bertz CT molecular complexity index is 727. The molecule has 0 unspecified atom stereocenters. The lowest BCUT2D eigenvalue weighted by molar-refractivity contribution is -0.115. The quantitative estimate of drug-likeness (QED) is 0.663. The van der Waals surface area contributed by atoms with Gasteiger partial charge in [0.1, 0.15) is 0 Å². The predicted octanol–water partition coefficient (Wildman–Crippen LogP) is 3.94. The second kappa shape index (κ2) is 8.44. The minimum absolute atomic E-state index is 0.160. The summed E-state index contributed by atoms with van der Waals surface area (Å²) < 4.78 is 0. The number of unbranched alkanes of at least 4 members (excludes halogenated alkanes) is 1. The fourth-order valence-corrected chi connectivity index (χ4v) is 2.93. The van der Waals surface area contributed by atoms with Crippen LogP contribution in [0.25, 0.3) is 11.3 Å². The summed E-state index contributed by atoms with van der Waals surface area (Å²) in [5.74, 6) is -0.333. The summed E-state index contributed by atoms with van der Waals surface area (Å²) in [6.45, 7) is 5.93. The molecular weight excluding hydrogens is 324 g/mol. The van der Waals surface area contributed by atoms with Crippen molar-refractivity contribution in [1.82, 2.24) is 4.98 Å². The summed E-state index contributed by atoms with van der Waals surface area (Å²) in [5, 5.41) is 11.6. The van der Waals surface area contributed by atoms with E-state index < -0.39 is 0 Å². The molecule has 3 N–H and O–H groups in total. The van der Waals surface area contributed by atoms with E-state index in [-0.39, 0.29) is 11.8 Å². The molecule has 0 saturated heterocycles. The van der Waals surface area contributed by atoms with Crippen LogP contribution in [0.5, 0.6) is 0 Å². The van der Waals surface area contributed by atoms with Gasteiger partial charge in [0.05, 0.1) is 11.4 Å². The number of benzene rings is 1. The Morgan fingerprint density at radius 3 is 2.58 bits per heavy atom. The van der Waals surface area contributed by atoms with Gasteiger partial charge in [-0.05, 0) is 24.6 Å². The van der Waals surface area contributed by atoms with E-state index in [2.05, 4.69) is 27.9 Å². The molecule has 7 heteroatoms. The molecule has 1 heterocycles. The molecule has 0 saturated carbocycles. The fourth-order valence-electron chi connectivity index (χ4n) is 2.19. The van der Waals surface area contributed by atoms with E-state index in [0.29, 0.717) is 11.4 Å². The van der Waals surface area contributed by atoms with Gasteiger partial charge in [-0.25, -0.2) is 4.98 Å². The van der Waals surface area contributed by atoms with Gasteiger partial charge >= 0.3 is 0 Å². The van der Waals surface area contributed by atoms with Gasteiger partial charge < -0.3 is 16.0 Å². The molecule has 24 heavy (non-hydrogen) atoms. The first-order valence-corrected chi connectivity index (χ1v) is 8.76. The highest BCUT2D eigenvalue weighted by Crippen LogP contribution is 2.33. The van der Waals surface area contributed by atoms with Crippen molar-refractivity contribution in [1.29, 1.82) is 0 Å². The summed E-state index contributed by atoms with van der Waals surface area (Å²) >= 11 is 1.53. The highest BCUT2D eigenvalue weighted by molar-refractivity contribution is 7.14. The number of carbonyl (C=O) groups excluding carboxylic acids is 2. The number of hydrogen-bond acceptors (Lipinski definition) is 5. The van der Waals surface area contributed by atoms with Gasteiger partial charge in [-0.2, -0.15) is 0 Å². The lowest BCUT2D eigenvalue weighted by Gasteiger charge is -2.11. The van der Waals surface area contributed by atoms with Crippen LogP contribution >= 0.6 is 11.3 Å². The molecule has 0 atom stereocenters. The Morgan fingerprint density at radius 2 is 1.92 bits per heavy atom. The molecule has 2 amide bonds. The van der Waals surface area contributed by atoms with E-state index >= 15 is 0 Å². The Kier molecular flexibility index (Phi) is 6.31. The molecule has 0 aliphatic rings. The highest BCUT2D eigenvalue weighted by Gasteiger charge is 2.12. The number of thiazole rings is 1. The third kappa shape index (κ3) is 5.06. The standard InChI is InChI=1S/C17H22N4O2S/c1-4-5-8-18-17-21-16(10-24-17)14-7-6-13(19-11(2)22)9-15(14)20-12(3)23/h6-7,9-10H,4-5,8H2,1-3H3,(H,18,21)(H,19,22)(H,20,23). The SMILES string of the molecule is CCCCNc1nc(-c2ccc(NC(C)=O)cc2NC(C)=O)cs1. The molecule has 6 nitrogen and oxygen atoms in total. The molecule has 2 rings (SSSR count). The average Bonchev–Trinajstić information content (AvgIpc) is 2.95. The van der Waals surface area contributed by atoms with Crippen LogP contribution in [0.3, 0.4) is 0 Å². The van der Waals surface area contributed by atoms with E-state index in [1.54, 1.807) is 12.1 Å². The number of carbonyl (C=O) groups is 2. The van der Waals surface area contributed by atoms with Crippen LogP contribution < -0.4 is 16.0 Å². The molecule has 0 spiro atoms. The Morgan fingerprint density at radius 1 is 1.17 bits per heavy atom. The topological polar surface area (TPSA) is 83.1 Å². The van der Waals surface area contributed by atoms with Crippen molar-refractivity contribution in [2.45, 2.75) is 33.6 Å². The Balaban J connectivity index is 2.27. The first-order chi connectivity index (χ1) is 11.5. The van der Waals surface area contributed by atoms with Crippen LogP contribution in [0.2, 0.25) is 0 Å². The van der Waals surface area contributed by atoms with Gasteiger partial charge in [-0.1, -0.05) is 13.3 Å². The Labute approximate surface area is 145 Å². The summed E-state index contributed by atoms with van der Waals surface area (Å²) in [5.41, 5.74) is 2.86. The van der Waals surface area contributed by atoms with E-state index in [1.165, 1.54) is 25.2 Å². The normalized spacial score (nSPS) is 10.3. The second-order valence-corrected chi connectivity index (χ2v) is 6.30. The second-order valence-electron chi connectivity index (χ2n) is 5.44. The zero-order chi connectivity index (χ0) is 17.5. The molecule has 0 bridgehead atoms. The van der Waals surface area contributed by atoms with Crippen LogP contribution in [0.15, 0.2) is 23.6 Å². The zero-order valence-corrected chi connectivity index (χ0v) is 14.9. The van der Waals surface area contributed by atoms with Crippen molar-refractivity contribution >= 4 is 39.7 Å². The highest BCUT2D eigenvalue weighted by atomic mass is 32.1. The zero-order valence-electron chi connectivity index (χ0n) is 14.1. The lowest BCUT2D eigenvalue weighted by atomic mass is 10.1. The maximum absolute atomic E-state index is 11.5.